The third-order valence-electron chi connectivity index (χ3n) is 2.57. The van der Waals surface area contributed by atoms with E-state index in [9.17, 15) is 22.4 Å². The van der Waals surface area contributed by atoms with E-state index < -0.39 is 28.5 Å². The van der Waals surface area contributed by atoms with Gasteiger partial charge in [0.1, 0.15) is 10.7 Å². The maximum absolute atomic E-state index is 13.1. The Balaban J connectivity index is 2.18. The average Bonchev–Trinajstić information content (AvgIpc) is 2.82. The third kappa shape index (κ3) is 3.74. The molecule has 0 fully saturated rings. The van der Waals surface area contributed by atoms with Crippen molar-refractivity contribution in [3.63, 3.8) is 0 Å². The van der Waals surface area contributed by atoms with Crippen molar-refractivity contribution in [2.24, 2.45) is 0 Å². The summed E-state index contributed by atoms with van der Waals surface area (Å²) in [7, 11) is 0. The van der Waals surface area contributed by atoms with E-state index in [1.165, 1.54) is 12.1 Å². The van der Waals surface area contributed by atoms with Gasteiger partial charge in [-0.15, -0.1) is 0 Å². The van der Waals surface area contributed by atoms with Crippen LogP contribution in [0.25, 0.3) is 0 Å². The van der Waals surface area contributed by atoms with Gasteiger partial charge in [-0.25, -0.2) is 9.37 Å². The molecule has 0 atom stereocenters. The first-order valence-corrected chi connectivity index (χ1v) is 7.35. The summed E-state index contributed by atoms with van der Waals surface area (Å²) in [5, 5.41) is 1.93. The molecule has 3 N–H and O–H groups in total. The number of alkyl halides is 3. The lowest BCUT2D eigenvalue weighted by Crippen LogP contribution is -2.25. The lowest BCUT2D eigenvalue weighted by atomic mass is 10.2. The largest absolute Gasteiger partial charge is 0.435 e. The normalized spacial score (nSPS) is 11.5. The molecule has 22 heavy (non-hydrogen) atoms. The Morgan fingerprint density at radius 2 is 2.09 bits per heavy atom. The molecule has 2 aromatic rings. The van der Waals surface area contributed by atoms with Crippen LogP contribution in [0.15, 0.2) is 22.7 Å². The van der Waals surface area contributed by atoms with Crippen molar-refractivity contribution in [1.29, 1.82) is 0 Å². The second kappa shape index (κ2) is 6.21. The van der Waals surface area contributed by atoms with E-state index in [1.807, 2.05) is 0 Å². The molecule has 0 bridgehead atoms. The number of nitrogens with two attached hydrogens (primary N) is 1. The summed E-state index contributed by atoms with van der Waals surface area (Å²) in [5.74, 6) is -1.50. The Morgan fingerprint density at radius 1 is 1.41 bits per heavy atom. The van der Waals surface area contributed by atoms with Crippen LogP contribution in [0.5, 0.6) is 0 Å². The maximum atomic E-state index is 13.1. The van der Waals surface area contributed by atoms with Crippen LogP contribution >= 0.6 is 27.3 Å². The molecule has 10 heteroatoms. The number of rotatable bonds is 3. The zero-order valence-electron chi connectivity index (χ0n) is 10.7. The van der Waals surface area contributed by atoms with Gasteiger partial charge in [-0.3, -0.25) is 4.79 Å². The zero-order valence-corrected chi connectivity index (χ0v) is 13.1. The molecule has 2 rings (SSSR count). The Kier molecular flexibility index (Phi) is 4.71. The van der Waals surface area contributed by atoms with Crippen LogP contribution in [-0.2, 0) is 12.7 Å². The van der Waals surface area contributed by atoms with Gasteiger partial charge in [-0.2, -0.15) is 13.2 Å². The van der Waals surface area contributed by atoms with E-state index in [1.54, 1.807) is 0 Å². The molecule has 0 spiro atoms. The molecule has 0 radical (unpaired) electrons. The van der Waals surface area contributed by atoms with E-state index >= 15 is 0 Å². The highest BCUT2D eigenvalue weighted by Gasteiger charge is 2.39. The van der Waals surface area contributed by atoms with Crippen LogP contribution in [0.1, 0.15) is 20.9 Å². The van der Waals surface area contributed by atoms with Crippen molar-refractivity contribution >= 4 is 38.3 Å². The fourth-order valence-electron chi connectivity index (χ4n) is 1.62. The summed E-state index contributed by atoms with van der Waals surface area (Å²) in [4.78, 5) is 14.4. The van der Waals surface area contributed by atoms with E-state index in [-0.39, 0.29) is 11.7 Å². The van der Waals surface area contributed by atoms with E-state index in [0.717, 1.165) is 6.07 Å². The van der Waals surface area contributed by atoms with Crippen molar-refractivity contribution in [2.75, 3.05) is 5.73 Å². The highest BCUT2D eigenvalue weighted by Crippen LogP contribution is 2.35. The topological polar surface area (TPSA) is 68.0 Å². The number of amides is 1. The van der Waals surface area contributed by atoms with Crippen molar-refractivity contribution in [3.05, 3.63) is 44.6 Å². The summed E-state index contributed by atoms with van der Waals surface area (Å²) < 4.78 is 51.9. The lowest BCUT2D eigenvalue weighted by Gasteiger charge is -2.08. The van der Waals surface area contributed by atoms with Gasteiger partial charge in [0.25, 0.3) is 5.91 Å². The molecule has 1 aromatic carbocycles. The average molecular weight is 398 g/mol. The first-order valence-electron chi connectivity index (χ1n) is 5.74. The highest BCUT2D eigenvalue weighted by molar-refractivity contribution is 9.10. The summed E-state index contributed by atoms with van der Waals surface area (Å²) in [6.45, 7) is -0.147. The van der Waals surface area contributed by atoms with Crippen LogP contribution in [-0.4, -0.2) is 10.9 Å². The molecule has 0 aliphatic heterocycles. The lowest BCUT2D eigenvalue weighted by molar-refractivity contribution is -0.141. The molecule has 1 heterocycles. The molecule has 0 aliphatic carbocycles. The minimum Gasteiger partial charge on any atom is -0.375 e. The van der Waals surface area contributed by atoms with Gasteiger partial charge in [0, 0.05) is 11.0 Å². The summed E-state index contributed by atoms with van der Waals surface area (Å²) in [6, 6.07) is 3.81. The van der Waals surface area contributed by atoms with Crippen molar-refractivity contribution in [1.82, 2.24) is 10.3 Å². The van der Waals surface area contributed by atoms with E-state index in [2.05, 4.69) is 26.2 Å². The van der Waals surface area contributed by atoms with Crippen molar-refractivity contribution < 1.29 is 22.4 Å². The number of carbonyl (C=O) groups is 1. The zero-order chi connectivity index (χ0) is 16.5. The molecule has 4 nitrogen and oxygen atoms in total. The van der Waals surface area contributed by atoms with Gasteiger partial charge in [0.2, 0.25) is 0 Å². The van der Waals surface area contributed by atoms with Gasteiger partial charge >= 0.3 is 6.18 Å². The summed E-state index contributed by atoms with van der Waals surface area (Å²) in [5.41, 5.74) is 4.30. The molecule has 118 valence electrons. The molecule has 1 aromatic heterocycles. The Bertz CT molecular complexity index is 717. The quantitative estimate of drug-likeness (QED) is 0.777. The molecular weight excluding hydrogens is 390 g/mol. The van der Waals surface area contributed by atoms with Crippen molar-refractivity contribution in [2.45, 2.75) is 12.7 Å². The first-order chi connectivity index (χ1) is 10.2. The summed E-state index contributed by atoms with van der Waals surface area (Å²) in [6.07, 6.45) is -4.78. The number of hydrogen-bond donors (Lipinski definition) is 2. The van der Waals surface area contributed by atoms with Gasteiger partial charge in [0.05, 0.1) is 0 Å². The SMILES string of the molecule is Nc1nc(C(F)(F)F)c(C(=O)NCc2cc(F)ccc2Br)s1. The number of benzene rings is 1. The van der Waals surface area contributed by atoms with Gasteiger partial charge in [-0.1, -0.05) is 27.3 Å². The fourth-order valence-corrected chi connectivity index (χ4v) is 2.77. The van der Waals surface area contributed by atoms with E-state index in [0.29, 0.717) is 21.4 Å². The molecule has 0 unspecified atom stereocenters. The molecule has 0 saturated heterocycles. The van der Waals surface area contributed by atoms with Crippen LogP contribution < -0.4 is 11.1 Å². The smallest absolute Gasteiger partial charge is 0.375 e. The van der Waals surface area contributed by atoms with E-state index in [4.69, 9.17) is 5.73 Å². The monoisotopic (exact) mass is 397 g/mol. The van der Waals surface area contributed by atoms with Crippen LogP contribution in [0.3, 0.4) is 0 Å². The van der Waals surface area contributed by atoms with Gasteiger partial charge < -0.3 is 11.1 Å². The molecular formula is C12H8BrF4N3OS. The molecule has 0 saturated carbocycles. The van der Waals surface area contributed by atoms with Crippen LogP contribution in [0.2, 0.25) is 0 Å². The Morgan fingerprint density at radius 3 is 2.73 bits per heavy atom. The number of anilines is 1. The second-order valence-corrected chi connectivity index (χ2v) is 6.03. The minimum absolute atomic E-state index is 0.147. The van der Waals surface area contributed by atoms with Gasteiger partial charge in [-0.05, 0) is 23.8 Å². The number of nitrogens with zero attached hydrogens (tertiary/aromatic N) is 1. The molecule has 1 amide bonds. The predicted octanol–water partition coefficient (Wildman–Crippen LogP) is 3.58. The predicted molar refractivity (Wildman–Crippen MR) is 76.8 cm³/mol. The number of nitrogens with one attached hydrogen (secondary N) is 1. The number of nitrogen functional groups attached to an aromatic ring is 1. The maximum Gasteiger partial charge on any atom is 0.435 e. The Hall–Kier alpha value is -1.68. The molecule has 0 aliphatic rings. The summed E-state index contributed by atoms with van der Waals surface area (Å²) >= 11 is 3.60. The fraction of sp³-hybridized carbons (Fsp3) is 0.167. The first kappa shape index (κ1) is 16.7. The minimum atomic E-state index is -4.78. The highest BCUT2D eigenvalue weighted by atomic mass is 79.9. The third-order valence-corrected chi connectivity index (χ3v) is 4.22. The number of thiazole rings is 1. The van der Waals surface area contributed by atoms with Crippen LogP contribution in [0.4, 0.5) is 22.7 Å². The van der Waals surface area contributed by atoms with Crippen LogP contribution in [0, 0.1) is 5.82 Å². The Labute approximate surface area is 134 Å². The standard InChI is InChI=1S/C12H8BrF4N3OS/c13-7-2-1-6(14)3-5(7)4-19-10(21)8-9(12(15,16)17)20-11(18)22-8/h1-3H,4H2,(H2,18,20)(H,19,21). The van der Waals surface area contributed by atoms with Crippen molar-refractivity contribution in [3.8, 4) is 0 Å². The number of hydrogen-bond acceptors (Lipinski definition) is 4. The van der Waals surface area contributed by atoms with Gasteiger partial charge in [0.15, 0.2) is 10.8 Å². The number of carbonyl (C=O) groups excluding carboxylic acids is 1. The number of aromatic nitrogens is 1. The number of halogens is 5. The second-order valence-electron chi connectivity index (χ2n) is 4.15.